The summed E-state index contributed by atoms with van der Waals surface area (Å²) in [7, 11) is 17.9. The number of halogens is 2. The van der Waals surface area contributed by atoms with Gasteiger partial charge in [-0.25, -0.2) is 0 Å². The molecule has 0 spiro atoms. The van der Waals surface area contributed by atoms with E-state index in [1.54, 1.807) is 0 Å². The average molecular weight is 915 g/mol. The van der Waals surface area contributed by atoms with Crippen LogP contribution in [0.3, 0.4) is 0 Å². The zero-order valence-electron chi connectivity index (χ0n) is 33.0. The Hall–Kier alpha value is -1.97. The van der Waals surface area contributed by atoms with Gasteiger partial charge in [-0.05, 0) is 0 Å². The number of hydrogen-bond donors (Lipinski definition) is 0. The number of fused-ring (bicyclic) bond motifs is 2. The fraction of sp³-hybridized carbons (Fsp3) is 0.417. The molecular weight excluding hydrogens is 854 g/mol. The van der Waals surface area contributed by atoms with Gasteiger partial charge >= 0.3 is 327 Å². The van der Waals surface area contributed by atoms with Crippen molar-refractivity contribution in [2.45, 2.75) is 113 Å². The van der Waals surface area contributed by atoms with Gasteiger partial charge in [-0.15, -0.1) is 0 Å². The summed E-state index contributed by atoms with van der Waals surface area (Å²) in [5.74, 6) is -0.886. The Bertz CT molecular complexity index is 1830. The second kappa shape index (κ2) is 16.4. The van der Waals surface area contributed by atoms with Gasteiger partial charge < -0.3 is 0 Å². The normalized spacial score (nSPS) is 18.7. The number of unbranched alkanes of at least 4 members (excludes halogenated alkanes) is 2. The van der Waals surface area contributed by atoms with E-state index in [1.165, 1.54) is 92.5 Å². The van der Waals surface area contributed by atoms with E-state index in [4.69, 9.17) is 17.2 Å². The molecule has 0 bridgehead atoms. The molecule has 0 saturated carbocycles. The Morgan fingerprint density at radius 2 is 0.942 bits per heavy atom. The van der Waals surface area contributed by atoms with Gasteiger partial charge in [-0.1, -0.05) is 0 Å². The molecule has 6 rings (SSSR count). The zero-order chi connectivity index (χ0) is 37.2. The quantitative estimate of drug-likeness (QED) is 0.104. The molecule has 4 aromatic carbocycles. The first-order valence-corrected chi connectivity index (χ1v) is 42.6. The molecule has 0 saturated heterocycles. The van der Waals surface area contributed by atoms with Crippen molar-refractivity contribution in [3.05, 3.63) is 129 Å². The molecule has 0 aliphatic heterocycles. The van der Waals surface area contributed by atoms with Crippen molar-refractivity contribution in [1.82, 2.24) is 0 Å². The summed E-state index contributed by atoms with van der Waals surface area (Å²) in [5, 5.41) is 0. The van der Waals surface area contributed by atoms with Crippen LogP contribution in [-0.2, 0) is 28.1 Å². The minimum absolute atomic E-state index is 0.101. The first kappa shape index (κ1) is 39.7. The van der Waals surface area contributed by atoms with E-state index in [1.807, 2.05) is 0 Å². The minimum atomic E-state index is -5.13. The fourth-order valence-electron chi connectivity index (χ4n) is 9.45. The van der Waals surface area contributed by atoms with E-state index in [0.29, 0.717) is 11.8 Å². The van der Waals surface area contributed by atoms with Gasteiger partial charge in [-0.2, -0.15) is 0 Å². The predicted octanol–water partition coefficient (Wildman–Crippen LogP) is 15.4. The van der Waals surface area contributed by atoms with Gasteiger partial charge in [0, 0.05) is 0 Å². The number of rotatable bonds is 15. The van der Waals surface area contributed by atoms with E-state index < -0.39 is 21.3 Å². The maximum absolute atomic E-state index is 8.95. The monoisotopic (exact) mass is 915 g/mol. The van der Waals surface area contributed by atoms with Gasteiger partial charge in [0.05, 0.1) is 0 Å². The third-order valence-corrected chi connectivity index (χ3v) is 85.6. The summed E-state index contributed by atoms with van der Waals surface area (Å²) in [4.78, 5) is 0. The van der Waals surface area contributed by atoms with Crippen LogP contribution in [0.5, 0.6) is 0 Å². The first-order valence-electron chi connectivity index (χ1n) is 20.4. The van der Waals surface area contributed by atoms with E-state index in [9.17, 15) is 0 Å². The van der Waals surface area contributed by atoms with Crippen LogP contribution in [0.15, 0.2) is 96.1 Å². The van der Waals surface area contributed by atoms with Crippen LogP contribution in [0.1, 0.15) is 121 Å². The van der Waals surface area contributed by atoms with Crippen molar-refractivity contribution in [2.75, 3.05) is 0 Å². The van der Waals surface area contributed by atoms with Crippen LogP contribution in [0.25, 0.3) is 34.4 Å². The molecule has 0 fully saturated rings. The number of hydrogen-bond acceptors (Lipinski definition) is 0. The van der Waals surface area contributed by atoms with Crippen LogP contribution in [0, 0.1) is 11.8 Å². The molecule has 0 heterocycles. The van der Waals surface area contributed by atoms with Crippen molar-refractivity contribution in [2.24, 2.45) is 11.8 Å². The molecule has 2 aliphatic rings. The molecule has 2 aliphatic carbocycles. The van der Waals surface area contributed by atoms with E-state index in [-0.39, 0.29) is 7.35 Å². The molecule has 0 N–H and O–H groups in total. The fourth-order valence-corrected chi connectivity index (χ4v) is 53.7. The Labute approximate surface area is 325 Å². The average Bonchev–Trinajstić information content (AvgIpc) is 3.77. The summed E-state index contributed by atoms with van der Waals surface area (Å²) in [5.41, 5.74) is 16.9. The van der Waals surface area contributed by atoms with Crippen LogP contribution in [-0.4, -0.2) is 5.98 Å². The number of aryl methyl sites for hydroxylation is 2. The molecule has 0 aromatic heterocycles. The van der Waals surface area contributed by atoms with Gasteiger partial charge in [0.25, 0.3) is 0 Å². The third kappa shape index (κ3) is 6.90. The van der Waals surface area contributed by atoms with E-state index in [0.717, 1.165) is 25.7 Å². The van der Waals surface area contributed by atoms with Crippen molar-refractivity contribution >= 4 is 35.3 Å². The Kier molecular flexibility index (Phi) is 12.5. The van der Waals surface area contributed by atoms with Crippen molar-refractivity contribution < 1.29 is 15.3 Å². The van der Waals surface area contributed by atoms with Crippen molar-refractivity contribution in [1.29, 1.82) is 0 Å². The van der Waals surface area contributed by atoms with Crippen LogP contribution >= 0.6 is 17.2 Å². The zero-order valence-corrected chi connectivity index (χ0v) is 39.3. The first-order chi connectivity index (χ1) is 25.0. The predicted molar refractivity (Wildman–Crippen MR) is 232 cm³/mol. The van der Waals surface area contributed by atoms with Gasteiger partial charge in [0.1, 0.15) is 0 Å². The standard InChI is InChI=1S/2C23H27.C2H7Si.2ClH.Hf/c2*1-4-6-10-18-11-7-8-13-21(18)22-14-9-12-19-15-20(16-23(19)22)17(3)5-2;1-3-2;;;/h2*7-9,11-17H,4-6,10H2,1-3H3;3H,1-2H3;2*1H;/q;;;;;+2/p-2. The SMILES string of the molecule is CCCCc1ccccc1-c1cccc2c1C=C(C(C)CC)[CH]2[Hf]([Cl])([Cl])([CH]1C(C(C)CC)=Cc2c(-c3ccccc3CCCC)cccc21)[SiH](C)C. The summed E-state index contributed by atoms with van der Waals surface area (Å²) < 4.78 is 0.201. The molecule has 275 valence electrons. The van der Waals surface area contributed by atoms with Crippen LogP contribution in [0.2, 0.25) is 13.1 Å². The maximum atomic E-state index is 8.95. The van der Waals surface area contributed by atoms with Crippen molar-refractivity contribution in [3.63, 3.8) is 0 Å². The molecule has 0 radical (unpaired) electrons. The molecule has 4 unspecified atom stereocenters. The molecule has 4 atom stereocenters. The molecule has 4 aromatic rings. The van der Waals surface area contributed by atoms with Crippen LogP contribution < -0.4 is 0 Å². The van der Waals surface area contributed by atoms with Crippen molar-refractivity contribution in [3.8, 4) is 22.3 Å². The second-order valence-corrected chi connectivity index (χ2v) is 75.6. The van der Waals surface area contributed by atoms with Gasteiger partial charge in [-0.3, -0.25) is 0 Å². The molecule has 4 heteroatoms. The summed E-state index contributed by atoms with van der Waals surface area (Å²) in [6.45, 7) is 19.1. The van der Waals surface area contributed by atoms with Crippen LogP contribution in [0.4, 0.5) is 0 Å². The summed E-state index contributed by atoms with van der Waals surface area (Å²) >= 11 is -5.13. The Morgan fingerprint density at radius 3 is 1.31 bits per heavy atom. The third-order valence-electron chi connectivity index (χ3n) is 13.0. The number of allylic oxidation sites excluding steroid dienone is 2. The van der Waals surface area contributed by atoms with E-state index in [2.05, 4.69) is 152 Å². The second-order valence-electron chi connectivity index (χ2n) is 16.3. The topological polar surface area (TPSA) is 0 Å². The number of benzene rings is 4. The molecule has 52 heavy (non-hydrogen) atoms. The Morgan fingerprint density at radius 1 is 0.558 bits per heavy atom. The molecular formula is C48H61Cl2HfSi. The summed E-state index contributed by atoms with van der Waals surface area (Å²) in [6, 6.07) is 32.3. The van der Waals surface area contributed by atoms with E-state index >= 15 is 0 Å². The molecule has 0 amide bonds. The Balaban J connectivity index is 1.61. The molecule has 0 nitrogen and oxygen atoms in total. The van der Waals surface area contributed by atoms with Gasteiger partial charge in [0.2, 0.25) is 0 Å². The van der Waals surface area contributed by atoms with Gasteiger partial charge in [0.15, 0.2) is 0 Å². The summed E-state index contributed by atoms with van der Waals surface area (Å²) in [6.07, 6.45) is 14.3.